The molecule has 0 aromatic heterocycles. The molecule has 0 amide bonds. The van der Waals surface area contributed by atoms with Gasteiger partial charge < -0.3 is 9.47 Å². The summed E-state index contributed by atoms with van der Waals surface area (Å²) in [6, 6.07) is 6.45. The first-order valence-corrected chi connectivity index (χ1v) is 6.92. The fourth-order valence-electron chi connectivity index (χ4n) is 2.84. The minimum absolute atomic E-state index is 0.112. The Labute approximate surface area is 114 Å². The molecule has 1 aliphatic carbocycles. The molecule has 104 valence electrons. The van der Waals surface area contributed by atoms with Crippen LogP contribution in [0.25, 0.3) is 0 Å². The minimum Gasteiger partial charge on any atom is -0.496 e. The molecule has 0 unspecified atom stereocenters. The number of methoxy groups -OCH3 is 1. The minimum atomic E-state index is -0.166. The van der Waals surface area contributed by atoms with Gasteiger partial charge in [0.05, 0.1) is 7.11 Å². The largest absolute Gasteiger partial charge is 0.496 e. The number of esters is 1. The second-order valence-electron chi connectivity index (χ2n) is 5.31. The Hall–Kier alpha value is -1.51. The van der Waals surface area contributed by atoms with E-state index in [0.29, 0.717) is 5.92 Å². The summed E-state index contributed by atoms with van der Waals surface area (Å²) in [6.45, 7) is 3.54. The SMILES string of the molecule is COc1cc(C2CCC(OC(C)=O)CC2)ccc1C. The van der Waals surface area contributed by atoms with Crippen molar-refractivity contribution in [1.29, 1.82) is 0 Å². The average molecular weight is 262 g/mol. The number of carbonyl (C=O) groups excluding carboxylic acids is 1. The molecular formula is C16H22O3. The van der Waals surface area contributed by atoms with E-state index in [0.717, 1.165) is 31.4 Å². The summed E-state index contributed by atoms with van der Waals surface area (Å²) < 4.78 is 10.7. The molecule has 1 aliphatic rings. The van der Waals surface area contributed by atoms with E-state index in [1.54, 1.807) is 7.11 Å². The Bertz CT molecular complexity index is 445. The molecule has 1 fully saturated rings. The molecule has 0 spiro atoms. The van der Waals surface area contributed by atoms with Crippen LogP contribution >= 0.6 is 0 Å². The predicted molar refractivity (Wildman–Crippen MR) is 74.5 cm³/mol. The molecule has 3 nitrogen and oxygen atoms in total. The van der Waals surface area contributed by atoms with E-state index >= 15 is 0 Å². The van der Waals surface area contributed by atoms with Gasteiger partial charge >= 0.3 is 5.97 Å². The Kier molecular flexibility index (Phi) is 4.46. The number of ether oxygens (including phenoxy) is 2. The molecule has 0 radical (unpaired) electrons. The van der Waals surface area contributed by atoms with Gasteiger partial charge in [-0.3, -0.25) is 4.79 Å². The zero-order chi connectivity index (χ0) is 13.8. The highest BCUT2D eigenvalue weighted by atomic mass is 16.5. The highest BCUT2D eigenvalue weighted by Crippen LogP contribution is 2.36. The lowest BCUT2D eigenvalue weighted by molar-refractivity contribution is -0.147. The first kappa shape index (κ1) is 13.9. The number of aryl methyl sites for hydroxylation is 1. The summed E-state index contributed by atoms with van der Waals surface area (Å²) in [7, 11) is 1.71. The summed E-state index contributed by atoms with van der Waals surface area (Å²) >= 11 is 0. The highest BCUT2D eigenvalue weighted by Gasteiger charge is 2.24. The first-order valence-electron chi connectivity index (χ1n) is 6.92. The Morgan fingerprint density at radius 3 is 2.47 bits per heavy atom. The normalized spacial score (nSPS) is 22.9. The van der Waals surface area contributed by atoms with Crippen molar-refractivity contribution in [3.05, 3.63) is 29.3 Å². The number of benzene rings is 1. The van der Waals surface area contributed by atoms with Crippen LogP contribution in [0.5, 0.6) is 5.75 Å². The maximum atomic E-state index is 10.9. The summed E-state index contributed by atoms with van der Waals surface area (Å²) in [5.41, 5.74) is 2.50. The average Bonchev–Trinajstić information content (AvgIpc) is 2.40. The summed E-state index contributed by atoms with van der Waals surface area (Å²) in [5, 5.41) is 0. The Morgan fingerprint density at radius 2 is 1.89 bits per heavy atom. The van der Waals surface area contributed by atoms with E-state index in [1.165, 1.54) is 18.1 Å². The maximum absolute atomic E-state index is 10.9. The Balaban J connectivity index is 1.99. The second kappa shape index (κ2) is 6.09. The van der Waals surface area contributed by atoms with Crippen LogP contribution in [0.2, 0.25) is 0 Å². The lowest BCUT2D eigenvalue weighted by Crippen LogP contribution is -2.22. The number of carbonyl (C=O) groups is 1. The third-order valence-corrected chi connectivity index (χ3v) is 3.91. The molecular weight excluding hydrogens is 240 g/mol. The summed E-state index contributed by atoms with van der Waals surface area (Å²) in [6.07, 6.45) is 4.18. The van der Waals surface area contributed by atoms with Crippen molar-refractivity contribution >= 4 is 5.97 Å². The van der Waals surface area contributed by atoms with Gasteiger partial charge in [-0.15, -0.1) is 0 Å². The second-order valence-corrected chi connectivity index (χ2v) is 5.31. The van der Waals surface area contributed by atoms with Crippen LogP contribution in [0.15, 0.2) is 18.2 Å². The summed E-state index contributed by atoms with van der Waals surface area (Å²) in [5.74, 6) is 1.35. The van der Waals surface area contributed by atoms with E-state index in [-0.39, 0.29) is 12.1 Å². The fraction of sp³-hybridized carbons (Fsp3) is 0.562. The third-order valence-electron chi connectivity index (χ3n) is 3.91. The van der Waals surface area contributed by atoms with Crippen molar-refractivity contribution in [2.24, 2.45) is 0 Å². The van der Waals surface area contributed by atoms with Crippen molar-refractivity contribution in [2.75, 3.05) is 7.11 Å². The van der Waals surface area contributed by atoms with Gasteiger partial charge in [0.15, 0.2) is 0 Å². The molecule has 2 rings (SSSR count). The van der Waals surface area contributed by atoms with Crippen molar-refractivity contribution in [2.45, 2.75) is 51.6 Å². The van der Waals surface area contributed by atoms with Crippen molar-refractivity contribution in [1.82, 2.24) is 0 Å². The lowest BCUT2D eigenvalue weighted by Gasteiger charge is -2.28. The van der Waals surface area contributed by atoms with Gasteiger partial charge in [-0.25, -0.2) is 0 Å². The molecule has 0 bridgehead atoms. The van der Waals surface area contributed by atoms with Gasteiger partial charge in [-0.2, -0.15) is 0 Å². The third kappa shape index (κ3) is 3.49. The van der Waals surface area contributed by atoms with E-state index < -0.39 is 0 Å². The van der Waals surface area contributed by atoms with Crippen LogP contribution in [0, 0.1) is 6.92 Å². The van der Waals surface area contributed by atoms with Gasteiger partial charge in [0.2, 0.25) is 0 Å². The molecule has 3 heteroatoms. The number of hydrogen-bond donors (Lipinski definition) is 0. The van der Waals surface area contributed by atoms with Crippen LogP contribution in [0.3, 0.4) is 0 Å². The highest BCUT2D eigenvalue weighted by molar-refractivity contribution is 5.66. The lowest BCUT2D eigenvalue weighted by atomic mass is 9.82. The topological polar surface area (TPSA) is 35.5 Å². The number of hydrogen-bond acceptors (Lipinski definition) is 3. The monoisotopic (exact) mass is 262 g/mol. The van der Waals surface area contributed by atoms with E-state index in [1.807, 2.05) is 0 Å². The van der Waals surface area contributed by atoms with Gasteiger partial charge in [0.25, 0.3) is 0 Å². The van der Waals surface area contributed by atoms with Crippen LogP contribution in [-0.4, -0.2) is 19.2 Å². The van der Waals surface area contributed by atoms with Crippen LogP contribution in [0.1, 0.15) is 49.7 Å². The standard InChI is InChI=1S/C16H22O3/c1-11-4-5-14(10-16(11)18-3)13-6-8-15(9-7-13)19-12(2)17/h4-5,10,13,15H,6-9H2,1-3H3. The van der Waals surface area contributed by atoms with E-state index in [4.69, 9.17) is 9.47 Å². The quantitative estimate of drug-likeness (QED) is 0.781. The molecule has 0 atom stereocenters. The van der Waals surface area contributed by atoms with Gasteiger partial charge in [-0.1, -0.05) is 12.1 Å². The van der Waals surface area contributed by atoms with Crippen molar-refractivity contribution < 1.29 is 14.3 Å². The Morgan fingerprint density at radius 1 is 1.21 bits per heavy atom. The smallest absolute Gasteiger partial charge is 0.302 e. The van der Waals surface area contributed by atoms with Crippen molar-refractivity contribution in [3.8, 4) is 5.75 Å². The van der Waals surface area contributed by atoms with Crippen LogP contribution in [-0.2, 0) is 9.53 Å². The molecule has 1 aromatic rings. The molecule has 0 aliphatic heterocycles. The zero-order valence-corrected chi connectivity index (χ0v) is 11.9. The summed E-state index contributed by atoms with van der Waals surface area (Å²) in [4.78, 5) is 10.9. The van der Waals surface area contributed by atoms with E-state index in [2.05, 4.69) is 25.1 Å². The fourth-order valence-corrected chi connectivity index (χ4v) is 2.84. The van der Waals surface area contributed by atoms with Gasteiger partial charge in [0, 0.05) is 6.92 Å². The van der Waals surface area contributed by atoms with Gasteiger partial charge in [-0.05, 0) is 55.7 Å². The van der Waals surface area contributed by atoms with Crippen LogP contribution in [0.4, 0.5) is 0 Å². The van der Waals surface area contributed by atoms with Crippen LogP contribution < -0.4 is 4.74 Å². The molecule has 19 heavy (non-hydrogen) atoms. The maximum Gasteiger partial charge on any atom is 0.302 e. The van der Waals surface area contributed by atoms with Crippen molar-refractivity contribution in [3.63, 3.8) is 0 Å². The molecule has 0 heterocycles. The molecule has 0 saturated heterocycles. The predicted octanol–water partition coefficient (Wildman–Crippen LogP) is 3.59. The molecule has 0 N–H and O–H groups in total. The molecule has 1 aromatic carbocycles. The molecule has 1 saturated carbocycles. The van der Waals surface area contributed by atoms with Gasteiger partial charge in [0.1, 0.15) is 11.9 Å². The van der Waals surface area contributed by atoms with E-state index in [9.17, 15) is 4.79 Å². The number of rotatable bonds is 3. The zero-order valence-electron chi connectivity index (χ0n) is 11.9. The first-order chi connectivity index (χ1) is 9.10.